The molecule has 0 radical (unpaired) electrons. The Labute approximate surface area is 114 Å². The highest BCUT2D eigenvalue weighted by molar-refractivity contribution is 9.10. The standard InChI is InChI=1S/C16H11BrO/c1-3-10-11(4-2)16-12-7-5-6-8-14(12)18-15(16)9-13(10)17/h3-9H,1-2H2. The topological polar surface area (TPSA) is 13.1 Å². The van der Waals surface area contributed by atoms with E-state index in [0.29, 0.717) is 0 Å². The first-order chi connectivity index (χ1) is 8.76. The second kappa shape index (κ2) is 4.14. The van der Waals surface area contributed by atoms with Crippen molar-refractivity contribution in [3.63, 3.8) is 0 Å². The lowest BCUT2D eigenvalue weighted by atomic mass is 10.0. The molecule has 0 amide bonds. The van der Waals surface area contributed by atoms with Gasteiger partial charge in [-0.1, -0.05) is 59.4 Å². The molecule has 0 saturated carbocycles. The van der Waals surface area contributed by atoms with Gasteiger partial charge in [-0.25, -0.2) is 0 Å². The van der Waals surface area contributed by atoms with Crippen LogP contribution in [0.5, 0.6) is 0 Å². The average Bonchev–Trinajstić information content (AvgIpc) is 2.74. The van der Waals surface area contributed by atoms with Crippen LogP contribution in [0.4, 0.5) is 0 Å². The number of hydrogen-bond acceptors (Lipinski definition) is 1. The Morgan fingerprint density at radius 1 is 1.00 bits per heavy atom. The SMILES string of the molecule is C=Cc1c(Br)cc2oc3ccccc3c2c1C=C. The summed E-state index contributed by atoms with van der Waals surface area (Å²) in [5.74, 6) is 0. The molecule has 0 bridgehead atoms. The molecule has 0 spiro atoms. The maximum atomic E-state index is 5.86. The maximum Gasteiger partial charge on any atom is 0.137 e. The van der Waals surface area contributed by atoms with Crippen molar-refractivity contribution >= 4 is 50.0 Å². The average molecular weight is 299 g/mol. The second-order valence-corrected chi connectivity index (χ2v) is 4.92. The van der Waals surface area contributed by atoms with E-state index in [0.717, 1.165) is 37.5 Å². The first kappa shape index (κ1) is 11.3. The van der Waals surface area contributed by atoms with E-state index in [4.69, 9.17) is 4.42 Å². The summed E-state index contributed by atoms with van der Waals surface area (Å²) in [4.78, 5) is 0. The molecule has 88 valence electrons. The van der Waals surface area contributed by atoms with Crippen LogP contribution in [-0.2, 0) is 0 Å². The molecule has 1 nitrogen and oxygen atoms in total. The predicted molar refractivity (Wildman–Crippen MR) is 81.6 cm³/mol. The first-order valence-electron chi connectivity index (χ1n) is 5.65. The smallest absolute Gasteiger partial charge is 0.137 e. The highest BCUT2D eigenvalue weighted by atomic mass is 79.9. The van der Waals surface area contributed by atoms with Gasteiger partial charge in [0.25, 0.3) is 0 Å². The molecule has 0 saturated heterocycles. The zero-order valence-electron chi connectivity index (χ0n) is 9.74. The molecule has 0 fully saturated rings. The molecule has 0 N–H and O–H groups in total. The Kier molecular flexibility index (Phi) is 2.60. The van der Waals surface area contributed by atoms with Crippen molar-refractivity contribution in [1.29, 1.82) is 0 Å². The lowest BCUT2D eigenvalue weighted by Gasteiger charge is -2.05. The molecule has 2 heteroatoms. The highest BCUT2D eigenvalue weighted by Crippen LogP contribution is 2.37. The van der Waals surface area contributed by atoms with Crippen molar-refractivity contribution in [3.05, 3.63) is 59.1 Å². The van der Waals surface area contributed by atoms with E-state index in [2.05, 4.69) is 35.2 Å². The fraction of sp³-hybridized carbons (Fsp3) is 0. The zero-order valence-corrected chi connectivity index (χ0v) is 11.3. The third kappa shape index (κ3) is 1.46. The van der Waals surface area contributed by atoms with E-state index in [9.17, 15) is 0 Å². The third-order valence-electron chi connectivity index (χ3n) is 3.11. The normalized spacial score (nSPS) is 10.9. The van der Waals surface area contributed by atoms with Crippen molar-refractivity contribution in [1.82, 2.24) is 0 Å². The molecule has 1 heterocycles. The highest BCUT2D eigenvalue weighted by Gasteiger charge is 2.14. The molecule has 1 aromatic heterocycles. The van der Waals surface area contributed by atoms with Crippen LogP contribution in [0.3, 0.4) is 0 Å². The van der Waals surface area contributed by atoms with Gasteiger partial charge in [0.05, 0.1) is 0 Å². The van der Waals surface area contributed by atoms with Crippen molar-refractivity contribution in [3.8, 4) is 0 Å². The molecule has 2 aromatic carbocycles. The van der Waals surface area contributed by atoms with E-state index in [1.165, 1.54) is 0 Å². The Bertz CT molecular complexity index is 780. The number of hydrogen-bond donors (Lipinski definition) is 0. The number of furan rings is 1. The van der Waals surface area contributed by atoms with Gasteiger partial charge >= 0.3 is 0 Å². The van der Waals surface area contributed by atoms with Crippen LogP contribution in [0, 0.1) is 0 Å². The fourth-order valence-electron chi connectivity index (χ4n) is 2.32. The van der Waals surface area contributed by atoms with Crippen molar-refractivity contribution in [2.45, 2.75) is 0 Å². The van der Waals surface area contributed by atoms with Crippen molar-refractivity contribution < 1.29 is 4.42 Å². The van der Waals surface area contributed by atoms with Crippen LogP contribution in [0.1, 0.15) is 11.1 Å². The van der Waals surface area contributed by atoms with Gasteiger partial charge in [-0.2, -0.15) is 0 Å². The summed E-state index contributed by atoms with van der Waals surface area (Å²) in [6.45, 7) is 7.77. The van der Waals surface area contributed by atoms with Crippen LogP contribution in [0.15, 0.2) is 52.4 Å². The van der Waals surface area contributed by atoms with E-state index < -0.39 is 0 Å². The molecule has 0 aliphatic carbocycles. The Balaban J connectivity index is 2.62. The van der Waals surface area contributed by atoms with Crippen molar-refractivity contribution in [2.24, 2.45) is 0 Å². The van der Waals surface area contributed by atoms with Crippen LogP contribution in [0.2, 0.25) is 0 Å². The van der Waals surface area contributed by atoms with Crippen LogP contribution >= 0.6 is 15.9 Å². The zero-order chi connectivity index (χ0) is 12.7. The quantitative estimate of drug-likeness (QED) is 0.597. The van der Waals surface area contributed by atoms with E-state index in [-0.39, 0.29) is 0 Å². The number of benzene rings is 2. The van der Waals surface area contributed by atoms with Gasteiger partial charge in [0.2, 0.25) is 0 Å². The van der Waals surface area contributed by atoms with Gasteiger partial charge in [0, 0.05) is 15.2 Å². The molecule has 0 aliphatic heterocycles. The largest absolute Gasteiger partial charge is 0.456 e. The van der Waals surface area contributed by atoms with E-state index in [1.54, 1.807) is 0 Å². The predicted octanol–water partition coefficient (Wildman–Crippen LogP) is 5.63. The van der Waals surface area contributed by atoms with Gasteiger partial charge in [0.15, 0.2) is 0 Å². The number of para-hydroxylation sites is 1. The van der Waals surface area contributed by atoms with Gasteiger partial charge in [-0.3, -0.25) is 0 Å². The van der Waals surface area contributed by atoms with Crippen LogP contribution in [0.25, 0.3) is 34.1 Å². The third-order valence-corrected chi connectivity index (χ3v) is 3.76. The summed E-state index contributed by atoms with van der Waals surface area (Å²) < 4.78 is 6.83. The minimum atomic E-state index is 0.864. The first-order valence-corrected chi connectivity index (χ1v) is 6.44. The number of halogens is 1. The van der Waals surface area contributed by atoms with Crippen LogP contribution in [-0.4, -0.2) is 0 Å². The molecule has 18 heavy (non-hydrogen) atoms. The van der Waals surface area contributed by atoms with E-state index >= 15 is 0 Å². The van der Waals surface area contributed by atoms with Gasteiger partial charge < -0.3 is 4.42 Å². The molecular formula is C16H11BrO. The lowest BCUT2D eigenvalue weighted by molar-refractivity contribution is 0.668. The van der Waals surface area contributed by atoms with Gasteiger partial charge in [-0.05, 0) is 23.3 Å². The Morgan fingerprint density at radius 2 is 1.72 bits per heavy atom. The van der Waals surface area contributed by atoms with Gasteiger partial charge in [-0.15, -0.1) is 0 Å². The Hall–Kier alpha value is -1.80. The monoisotopic (exact) mass is 298 g/mol. The maximum absolute atomic E-state index is 5.86. The molecule has 0 atom stereocenters. The van der Waals surface area contributed by atoms with Gasteiger partial charge in [0.1, 0.15) is 11.2 Å². The molecule has 0 aliphatic rings. The summed E-state index contributed by atoms with van der Waals surface area (Å²) in [7, 11) is 0. The number of fused-ring (bicyclic) bond motifs is 3. The molecular weight excluding hydrogens is 288 g/mol. The van der Waals surface area contributed by atoms with E-state index in [1.807, 2.05) is 36.4 Å². The molecule has 3 aromatic rings. The minimum Gasteiger partial charge on any atom is -0.456 e. The lowest BCUT2D eigenvalue weighted by Crippen LogP contribution is -1.84. The molecule has 3 rings (SSSR count). The Morgan fingerprint density at radius 3 is 2.44 bits per heavy atom. The van der Waals surface area contributed by atoms with Crippen LogP contribution < -0.4 is 0 Å². The van der Waals surface area contributed by atoms with Crippen molar-refractivity contribution in [2.75, 3.05) is 0 Å². The summed E-state index contributed by atoms with van der Waals surface area (Å²) in [5.41, 5.74) is 3.86. The number of rotatable bonds is 2. The second-order valence-electron chi connectivity index (χ2n) is 4.07. The summed E-state index contributed by atoms with van der Waals surface area (Å²) >= 11 is 3.55. The summed E-state index contributed by atoms with van der Waals surface area (Å²) in [6, 6.07) is 10.0. The fourth-order valence-corrected chi connectivity index (χ4v) is 2.90. The summed E-state index contributed by atoms with van der Waals surface area (Å²) in [6.07, 6.45) is 3.69. The molecule has 0 unspecified atom stereocenters. The summed E-state index contributed by atoms with van der Waals surface area (Å²) in [5, 5.41) is 2.21. The minimum absolute atomic E-state index is 0.864.